The number of nitrogens with two attached hydrogens (primary N) is 3. The lowest BCUT2D eigenvalue weighted by Gasteiger charge is -2.65. The van der Waals surface area contributed by atoms with Crippen LogP contribution in [0.4, 0.5) is 0 Å². The zero-order valence-electron chi connectivity index (χ0n) is 35.9. The van der Waals surface area contributed by atoms with E-state index >= 15 is 0 Å². The number of hydrogen-bond donors (Lipinski definition) is 3. The van der Waals surface area contributed by atoms with Gasteiger partial charge in [0, 0.05) is 31.0 Å². The Morgan fingerprint density at radius 3 is 2.11 bits per heavy atom. The summed E-state index contributed by atoms with van der Waals surface area (Å²) in [5.41, 5.74) is 18.3. The summed E-state index contributed by atoms with van der Waals surface area (Å²) in [6.45, 7) is 18.3. The minimum absolute atomic E-state index is 0.159. The molecular weight excluding hydrogens is 693 g/mol. The molecule has 318 valence electrons. The molecule has 0 aliphatic heterocycles. The molecule has 4 fully saturated rings. The van der Waals surface area contributed by atoms with Crippen molar-refractivity contribution in [3.63, 3.8) is 0 Å². The molecule has 0 amide bonds. The highest BCUT2D eigenvalue weighted by Crippen LogP contribution is 2.69. The zero-order valence-corrected chi connectivity index (χ0v) is 36.7. The first-order valence-electron chi connectivity index (χ1n) is 23.1. The highest BCUT2D eigenvalue weighted by molar-refractivity contribution is 7.94. The molecule has 0 aromatic rings. The number of nitrogens with zero attached hydrogens (tertiary/aromatic N) is 1. The van der Waals surface area contributed by atoms with Gasteiger partial charge in [0.1, 0.15) is 0 Å². The third kappa shape index (κ3) is 12.5. The van der Waals surface area contributed by atoms with Crippen LogP contribution in [0.25, 0.3) is 0 Å². The summed E-state index contributed by atoms with van der Waals surface area (Å²) in [7, 11) is 1.79. The summed E-state index contributed by atoms with van der Waals surface area (Å²) in [5, 5.41) is 0. The number of rotatable bonds is 29. The standard InChI is InChI=1S/C45H88N4O4S/c1-6-7-8-9-10-11-25-49(27-16-31-54-50-5)26-12-17-35(2)38-18-19-39-43-40(34-42(45(38,39)4)53-30-15-24-48)44(3)21-20-37(51-28-13-22-46)32-36(44)33-41(43)52-29-14-23-47/h35-43H,6-34,46-48H2,1-5H3/t35-,36?,37-,38-,39+,40+,41-,42+,43?,44?,45?/m1/s1. The van der Waals surface area contributed by atoms with Crippen molar-refractivity contribution in [2.45, 2.75) is 168 Å². The molecule has 54 heavy (non-hydrogen) atoms. The molecule has 0 spiro atoms. The van der Waals surface area contributed by atoms with Gasteiger partial charge in [-0.3, -0.25) is 0 Å². The lowest BCUT2D eigenvalue weighted by Crippen LogP contribution is -2.63. The second-order valence-corrected chi connectivity index (χ2v) is 19.5. The van der Waals surface area contributed by atoms with Crippen molar-refractivity contribution in [3.8, 4) is 0 Å². The van der Waals surface area contributed by atoms with E-state index in [0.29, 0.717) is 72.8 Å². The SMILES string of the molecule is CCCCCCCCN(CCCSOC)CCC[C@@H](C)[C@H]1CC[C@H]2C3[C@H](OCCCN)CC4C[C@H](OCCCN)CCC4(C)[C@H]3C[C@H](OCCCN)C12C. The van der Waals surface area contributed by atoms with E-state index < -0.39 is 0 Å². The van der Waals surface area contributed by atoms with Gasteiger partial charge < -0.3 is 40.5 Å². The quantitative estimate of drug-likeness (QED) is 0.0506. The number of fused-ring (bicyclic) bond motifs is 5. The molecule has 6 N–H and O–H groups in total. The van der Waals surface area contributed by atoms with Crippen LogP contribution in [0.15, 0.2) is 0 Å². The van der Waals surface area contributed by atoms with Gasteiger partial charge in [0.25, 0.3) is 0 Å². The predicted molar refractivity (Wildman–Crippen MR) is 229 cm³/mol. The number of ether oxygens (including phenoxy) is 3. The fraction of sp³-hybridized carbons (Fsp3) is 1.00. The molecule has 0 saturated heterocycles. The van der Waals surface area contributed by atoms with Crippen molar-refractivity contribution in [2.75, 3.05) is 72.0 Å². The molecule has 4 unspecified atom stereocenters. The van der Waals surface area contributed by atoms with E-state index in [0.717, 1.165) is 51.3 Å². The van der Waals surface area contributed by atoms with Crippen molar-refractivity contribution in [3.05, 3.63) is 0 Å². The summed E-state index contributed by atoms with van der Waals surface area (Å²) < 4.78 is 25.8. The van der Waals surface area contributed by atoms with Gasteiger partial charge in [-0.1, -0.05) is 59.8 Å². The van der Waals surface area contributed by atoms with E-state index in [4.69, 9.17) is 35.6 Å². The normalized spacial score (nSPS) is 34.2. The Labute approximate surface area is 337 Å². The van der Waals surface area contributed by atoms with Crippen LogP contribution < -0.4 is 17.2 Å². The molecule has 11 atom stereocenters. The van der Waals surface area contributed by atoms with Gasteiger partial charge in [-0.15, -0.1) is 0 Å². The summed E-state index contributed by atoms with van der Waals surface area (Å²) in [4.78, 5) is 2.77. The van der Waals surface area contributed by atoms with E-state index in [1.165, 1.54) is 116 Å². The van der Waals surface area contributed by atoms with Crippen LogP contribution in [0, 0.1) is 46.3 Å². The van der Waals surface area contributed by atoms with E-state index in [-0.39, 0.29) is 11.5 Å². The van der Waals surface area contributed by atoms with Crippen LogP contribution >= 0.6 is 12.0 Å². The van der Waals surface area contributed by atoms with E-state index in [9.17, 15) is 0 Å². The van der Waals surface area contributed by atoms with Crippen LogP contribution in [-0.4, -0.2) is 95.2 Å². The van der Waals surface area contributed by atoms with Crippen molar-refractivity contribution in [1.29, 1.82) is 0 Å². The third-order valence-corrected chi connectivity index (χ3v) is 16.0. The molecular formula is C45H88N4O4S. The van der Waals surface area contributed by atoms with Gasteiger partial charge in [0.05, 0.1) is 25.4 Å². The van der Waals surface area contributed by atoms with Gasteiger partial charge in [-0.2, -0.15) is 0 Å². The fourth-order valence-corrected chi connectivity index (χ4v) is 12.7. The van der Waals surface area contributed by atoms with Crippen molar-refractivity contribution in [2.24, 2.45) is 63.5 Å². The topological polar surface area (TPSA) is 118 Å². The summed E-state index contributed by atoms with van der Waals surface area (Å²) in [6.07, 6.45) is 24.3. The second kappa shape index (κ2) is 24.8. The maximum atomic E-state index is 7.11. The zero-order chi connectivity index (χ0) is 38.8. The molecule has 4 rings (SSSR count). The minimum Gasteiger partial charge on any atom is -0.378 e. The highest BCUT2D eigenvalue weighted by Gasteiger charge is 2.66. The summed E-state index contributed by atoms with van der Waals surface area (Å²) >= 11 is 1.60. The predicted octanol–water partition coefficient (Wildman–Crippen LogP) is 8.83. The van der Waals surface area contributed by atoms with Crippen LogP contribution in [0.1, 0.15) is 150 Å². The Hall–Kier alpha value is 0.0300. The molecule has 0 aromatic carbocycles. The molecule has 4 aliphatic rings. The van der Waals surface area contributed by atoms with Crippen molar-refractivity contribution < 1.29 is 18.4 Å². The Balaban J connectivity index is 1.48. The van der Waals surface area contributed by atoms with E-state index in [1.54, 1.807) is 19.2 Å². The Morgan fingerprint density at radius 2 is 1.39 bits per heavy atom. The van der Waals surface area contributed by atoms with Gasteiger partial charge in [-0.05, 0) is 182 Å². The van der Waals surface area contributed by atoms with Crippen LogP contribution in [0.2, 0.25) is 0 Å². The molecule has 0 radical (unpaired) electrons. The lowest BCUT2D eigenvalue weighted by atomic mass is 9.43. The van der Waals surface area contributed by atoms with Crippen LogP contribution in [-0.2, 0) is 18.4 Å². The Morgan fingerprint density at radius 1 is 0.722 bits per heavy atom. The van der Waals surface area contributed by atoms with Gasteiger partial charge >= 0.3 is 0 Å². The molecule has 9 heteroatoms. The fourth-order valence-electron chi connectivity index (χ4n) is 12.3. The van der Waals surface area contributed by atoms with Crippen molar-refractivity contribution in [1.82, 2.24) is 4.90 Å². The molecule has 4 saturated carbocycles. The Kier molecular flexibility index (Phi) is 21.5. The van der Waals surface area contributed by atoms with E-state index in [1.807, 2.05) is 0 Å². The monoisotopic (exact) mass is 781 g/mol. The van der Waals surface area contributed by atoms with Crippen molar-refractivity contribution >= 4 is 12.0 Å². The lowest BCUT2D eigenvalue weighted by molar-refractivity contribution is -0.227. The number of hydrogen-bond acceptors (Lipinski definition) is 9. The number of unbranched alkanes of at least 4 members (excludes halogenated alkanes) is 5. The summed E-state index contributed by atoms with van der Waals surface area (Å²) in [6, 6.07) is 0. The maximum Gasteiger partial charge on any atom is 0.0637 e. The largest absolute Gasteiger partial charge is 0.378 e. The average molecular weight is 781 g/mol. The Bertz CT molecular complexity index is 997. The third-order valence-electron chi connectivity index (χ3n) is 15.3. The highest BCUT2D eigenvalue weighted by atomic mass is 32.2. The smallest absolute Gasteiger partial charge is 0.0637 e. The van der Waals surface area contributed by atoms with Gasteiger partial charge in [-0.25, -0.2) is 0 Å². The van der Waals surface area contributed by atoms with E-state index in [2.05, 4.69) is 32.6 Å². The van der Waals surface area contributed by atoms with Crippen LogP contribution in [0.3, 0.4) is 0 Å². The average Bonchev–Trinajstić information content (AvgIpc) is 3.53. The minimum atomic E-state index is 0.159. The first-order valence-corrected chi connectivity index (χ1v) is 24.0. The molecule has 8 nitrogen and oxygen atoms in total. The summed E-state index contributed by atoms with van der Waals surface area (Å²) in [5.74, 6) is 4.90. The molecule has 4 aliphatic carbocycles. The van der Waals surface area contributed by atoms with Gasteiger partial charge in [0.15, 0.2) is 0 Å². The first kappa shape index (κ1) is 46.7. The second-order valence-electron chi connectivity index (χ2n) is 18.5. The molecule has 0 aromatic heterocycles. The maximum absolute atomic E-state index is 7.11. The first-order chi connectivity index (χ1) is 26.3. The molecule has 0 heterocycles. The molecule has 0 bridgehead atoms. The van der Waals surface area contributed by atoms with Gasteiger partial charge in [0.2, 0.25) is 0 Å². The van der Waals surface area contributed by atoms with Crippen LogP contribution in [0.5, 0.6) is 0 Å².